The van der Waals surface area contributed by atoms with E-state index in [0.717, 1.165) is 24.7 Å². The molecule has 1 aromatic carbocycles. The monoisotopic (exact) mass is 341 g/mol. The molecule has 112 valence electrons. The zero-order chi connectivity index (χ0) is 14.6. The summed E-state index contributed by atoms with van der Waals surface area (Å²) in [6.45, 7) is 6.70. The second kappa shape index (κ2) is 11.1. The third-order valence-corrected chi connectivity index (χ3v) is 5.64. The van der Waals surface area contributed by atoms with Crippen molar-refractivity contribution in [2.75, 3.05) is 6.54 Å². The van der Waals surface area contributed by atoms with Crippen molar-refractivity contribution in [3.05, 3.63) is 43.0 Å². The Hall–Kier alpha value is -0.601. The van der Waals surface area contributed by atoms with Crippen molar-refractivity contribution in [2.45, 2.75) is 50.1 Å². The van der Waals surface area contributed by atoms with Gasteiger partial charge in [0.25, 0.3) is 0 Å². The van der Waals surface area contributed by atoms with Gasteiger partial charge in [-0.2, -0.15) is 0 Å². The van der Waals surface area contributed by atoms with Gasteiger partial charge in [0.15, 0.2) is 0 Å². The van der Waals surface area contributed by atoms with Crippen molar-refractivity contribution in [1.29, 1.82) is 0 Å². The van der Waals surface area contributed by atoms with E-state index in [1.807, 2.05) is 12.1 Å². The van der Waals surface area contributed by atoms with Crippen LogP contribution in [0.2, 0.25) is 5.32 Å². The van der Waals surface area contributed by atoms with Crippen LogP contribution in [0.4, 0.5) is 0 Å². The fourth-order valence-electron chi connectivity index (χ4n) is 2.05. The molecule has 1 rings (SSSR count). The minimum absolute atomic E-state index is 0.185. The van der Waals surface area contributed by atoms with Gasteiger partial charge in [-0.25, -0.2) is 0 Å². The molecule has 0 aromatic heterocycles. The molecule has 0 unspecified atom stereocenters. The van der Waals surface area contributed by atoms with E-state index >= 15 is 0 Å². The summed E-state index contributed by atoms with van der Waals surface area (Å²) in [7, 11) is 0. The number of unbranched alkanes of at least 4 members (excludes halogenated alkanes) is 2. The van der Waals surface area contributed by atoms with Crippen LogP contribution in [0.15, 0.2) is 43.0 Å². The summed E-state index contributed by atoms with van der Waals surface area (Å²) in [5, 5.41) is 14.8. The van der Waals surface area contributed by atoms with E-state index < -0.39 is 0 Å². The molecule has 20 heavy (non-hydrogen) atoms. The number of hydrogen-bond donors (Lipinski definition) is 2. The van der Waals surface area contributed by atoms with Gasteiger partial charge in [0, 0.05) is 0 Å². The predicted octanol–water partition coefficient (Wildman–Crippen LogP) is 2.52. The van der Waals surface area contributed by atoms with E-state index in [1.165, 1.54) is 17.3 Å². The number of hydrogen-bond acceptors (Lipinski definition) is 2. The molecule has 1 aromatic rings. The first kappa shape index (κ1) is 17.5. The molecule has 0 heterocycles. The van der Waals surface area contributed by atoms with E-state index in [-0.39, 0.29) is 12.1 Å². The number of aliphatic hydroxyl groups is 1. The molecule has 0 amide bonds. The number of benzene rings is 1. The fraction of sp³-hybridized carbons (Fsp3) is 0.529. The van der Waals surface area contributed by atoms with Crippen molar-refractivity contribution in [2.24, 2.45) is 0 Å². The summed E-state index contributed by atoms with van der Waals surface area (Å²) in [5.41, 5.74) is 0. The van der Waals surface area contributed by atoms with Gasteiger partial charge in [-0.15, -0.1) is 0 Å². The average Bonchev–Trinajstić information content (AvgIpc) is 2.48. The molecule has 0 saturated heterocycles. The van der Waals surface area contributed by atoms with Gasteiger partial charge in [-0.1, -0.05) is 0 Å². The number of aliphatic hydroxyl groups excluding tert-OH is 1. The first-order valence-corrected chi connectivity index (χ1v) is 9.55. The van der Waals surface area contributed by atoms with Crippen LogP contribution in [-0.4, -0.2) is 38.8 Å². The maximum absolute atomic E-state index is 10.4. The molecule has 2 nitrogen and oxygen atoms in total. The van der Waals surface area contributed by atoms with E-state index in [2.05, 4.69) is 43.1 Å². The summed E-state index contributed by atoms with van der Waals surface area (Å²) in [5.74, 6) is 0. The van der Waals surface area contributed by atoms with E-state index in [4.69, 9.17) is 0 Å². The van der Waals surface area contributed by atoms with Gasteiger partial charge in [0.05, 0.1) is 0 Å². The van der Waals surface area contributed by atoms with E-state index in [1.54, 1.807) is 0 Å². The first-order valence-electron chi connectivity index (χ1n) is 7.48. The summed E-state index contributed by atoms with van der Waals surface area (Å²) in [4.78, 5) is 0. The molecular weight excluding hydrogens is 313 g/mol. The Morgan fingerprint density at radius 3 is 2.70 bits per heavy atom. The fourth-order valence-corrected chi connectivity index (χ4v) is 4.28. The molecular formula is C17H27NOSe. The van der Waals surface area contributed by atoms with Gasteiger partial charge in [0.1, 0.15) is 0 Å². The van der Waals surface area contributed by atoms with E-state index in [0.29, 0.717) is 15.0 Å². The van der Waals surface area contributed by atoms with Crippen LogP contribution in [0, 0.1) is 0 Å². The molecule has 3 heteroatoms. The van der Waals surface area contributed by atoms with E-state index in [9.17, 15) is 5.11 Å². The Kier molecular flexibility index (Phi) is 9.69. The molecule has 0 radical (unpaired) electrons. The summed E-state index contributed by atoms with van der Waals surface area (Å²) in [6.07, 6.45) is 6.03. The zero-order valence-electron chi connectivity index (χ0n) is 12.4. The average molecular weight is 340 g/mol. The SMILES string of the molecule is C=CCN[C@H](C[Se]c1ccccc1)[C@@H](O)CCCCC. The molecule has 0 bridgehead atoms. The standard InChI is InChI=1S/C17H27NOSe/c1-3-5-7-12-17(19)16(18-13-4-2)14-20-15-10-8-6-9-11-15/h4,6,8-11,16-19H,2-3,5,7,12-14H2,1H3/t16-,17+/m1/s1. The Bertz CT molecular complexity index is 355. The Balaban J connectivity index is 2.43. The molecule has 2 N–H and O–H groups in total. The second-order valence-electron chi connectivity index (χ2n) is 4.99. The quantitative estimate of drug-likeness (QED) is 0.369. The van der Waals surface area contributed by atoms with Crippen molar-refractivity contribution in [3.63, 3.8) is 0 Å². The minimum atomic E-state index is -0.243. The van der Waals surface area contributed by atoms with Crippen molar-refractivity contribution < 1.29 is 5.11 Å². The van der Waals surface area contributed by atoms with Gasteiger partial charge >= 0.3 is 129 Å². The van der Waals surface area contributed by atoms with Gasteiger partial charge in [-0.3, -0.25) is 0 Å². The third-order valence-electron chi connectivity index (χ3n) is 3.27. The van der Waals surface area contributed by atoms with Gasteiger partial charge in [0.2, 0.25) is 0 Å². The normalized spacial score (nSPS) is 13.9. The number of rotatable bonds is 11. The molecule has 2 atom stereocenters. The Labute approximate surface area is 129 Å². The maximum atomic E-state index is 10.4. The van der Waals surface area contributed by atoms with Crippen LogP contribution in [-0.2, 0) is 0 Å². The van der Waals surface area contributed by atoms with Crippen LogP contribution in [0.25, 0.3) is 0 Å². The predicted molar refractivity (Wildman–Crippen MR) is 88.8 cm³/mol. The van der Waals surface area contributed by atoms with Crippen LogP contribution in [0.5, 0.6) is 0 Å². The third kappa shape index (κ3) is 7.25. The van der Waals surface area contributed by atoms with Crippen LogP contribution >= 0.6 is 0 Å². The van der Waals surface area contributed by atoms with Crippen LogP contribution < -0.4 is 9.78 Å². The van der Waals surface area contributed by atoms with Crippen molar-refractivity contribution >= 4 is 19.4 Å². The van der Waals surface area contributed by atoms with Crippen molar-refractivity contribution in [3.8, 4) is 0 Å². The molecule has 0 saturated carbocycles. The number of nitrogens with one attached hydrogen (secondary N) is 1. The van der Waals surface area contributed by atoms with Gasteiger partial charge in [-0.05, 0) is 0 Å². The molecule has 0 aliphatic heterocycles. The molecule has 0 aliphatic rings. The zero-order valence-corrected chi connectivity index (χ0v) is 14.1. The summed E-state index contributed by atoms with van der Waals surface area (Å²) in [6, 6.07) is 10.8. The molecule has 0 aliphatic carbocycles. The molecule has 0 spiro atoms. The summed E-state index contributed by atoms with van der Waals surface area (Å²) >= 11 is 0.409. The van der Waals surface area contributed by atoms with Crippen molar-refractivity contribution in [1.82, 2.24) is 5.32 Å². The first-order chi connectivity index (χ1) is 9.77. The Morgan fingerprint density at radius 1 is 1.30 bits per heavy atom. The van der Waals surface area contributed by atoms with Gasteiger partial charge < -0.3 is 0 Å². The molecule has 0 fully saturated rings. The Morgan fingerprint density at radius 2 is 2.05 bits per heavy atom. The topological polar surface area (TPSA) is 32.3 Å². The van der Waals surface area contributed by atoms with Crippen LogP contribution in [0.1, 0.15) is 32.6 Å². The summed E-state index contributed by atoms with van der Waals surface area (Å²) < 4.78 is 1.39. The second-order valence-corrected chi connectivity index (χ2v) is 7.28. The van der Waals surface area contributed by atoms with Crippen LogP contribution in [0.3, 0.4) is 0 Å².